The highest BCUT2D eigenvalue weighted by atomic mass is 16.5. The molecule has 2 rings (SSSR count). The molecule has 1 aliphatic rings. The van der Waals surface area contributed by atoms with Crippen LogP contribution in [0.3, 0.4) is 0 Å². The Morgan fingerprint density at radius 2 is 2.05 bits per heavy atom. The van der Waals surface area contributed by atoms with E-state index in [0.29, 0.717) is 19.0 Å². The maximum atomic E-state index is 12.7. The number of nitrogens with zero attached hydrogens (tertiary/aromatic N) is 1. The molecule has 4 heteroatoms. The zero-order chi connectivity index (χ0) is 15.2. The zero-order valence-corrected chi connectivity index (χ0v) is 13.0. The van der Waals surface area contributed by atoms with Gasteiger partial charge >= 0.3 is 0 Å². The van der Waals surface area contributed by atoms with Crippen LogP contribution in [-0.4, -0.2) is 31.5 Å². The van der Waals surface area contributed by atoms with Gasteiger partial charge in [0.15, 0.2) is 0 Å². The second kappa shape index (κ2) is 7.46. The van der Waals surface area contributed by atoms with Gasteiger partial charge in [-0.2, -0.15) is 0 Å². The van der Waals surface area contributed by atoms with E-state index < -0.39 is 0 Å². The van der Waals surface area contributed by atoms with Gasteiger partial charge in [-0.15, -0.1) is 0 Å². The van der Waals surface area contributed by atoms with E-state index in [4.69, 9.17) is 10.5 Å². The molecule has 2 N–H and O–H groups in total. The fraction of sp³-hybridized carbons (Fsp3) is 0.588. The average Bonchev–Trinajstić information content (AvgIpc) is 2.54. The third-order valence-electron chi connectivity index (χ3n) is 4.51. The van der Waals surface area contributed by atoms with Crippen LogP contribution in [0.1, 0.15) is 31.2 Å². The lowest BCUT2D eigenvalue weighted by molar-refractivity contribution is -0.137. The van der Waals surface area contributed by atoms with Gasteiger partial charge in [0.1, 0.15) is 5.75 Å². The molecule has 0 radical (unpaired) electrons. The number of benzene rings is 1. The van der Waals surface area contributed by atoms with Crippen molar-refractivity contribution >= 4 is 5.91 Å². The number of amides is 1. The smallest absolute Gasteiger partial charge is 0.226 e. The molecule has 116 valence electrons. The minimum atomic E-state index is 0.0865. The first-order chi connectivity index (χ1) is 10.2. The van der Waals surface area contributed by atoms with E-state index in [-0.39, 0.29) is 11.8 Å². The van der Waals surface area contributed by atoms with Crippen LogP contribution in [0, 0.1) is 11.8 Å². The highest BCUT2D eigenvalue weighted by Crippen LogP contribution is 2.31. The molecule has 1 aromatic carbocycles. The summed E-state index contributed by atoms with van der Waals surface area (Å²) in [5, 5.41) is 0. The van der Waals surface area contributed by atoms with Gasteiger partial charge in [0.25, 0.3) is 0 Å². The Morgan fingerprint density at radius 3 is 2.76 bits per heavy atom. The van der Waals surface area contributed by atoms with E-state index in [1.165, 1.54) is 6.42 Å². The molecule has 0 heterocycles. The van der Waals surface area contributed by atoms with Crippen LogP contribution < -0.4 is 10.5 Å². The molecule has 1 aliphatic carbocycles. The Bertz CT molecular complexity index is 476. The number of ether oxygens (including phenoxy) is 1. The molecule has 21 heavy (non-hydrogen) atoms. The second-order valence-corrected chi connectivity index (χ2v) is 5.89. The summed E-state index contributed by atoms with van der Waals surface area (Å²) in [6.45, 7) is 1.19. The zero-order valence-electron chi connectivity index (χ0n) is 13.0. The summed E-state index contributed by atoms with van der Waals surface area (Å²) >= 11 is 0. The molecule has 0 bridgehead atoms. The third kappa shape index (κ3) is 3.76. The van der Waals surface area contributed by atoms with Gasteiger partial charge in [0.05, 0.1) is 7.11 Å². The summed E-state index contributed by atoms with van der Waals surface area (Å²) in [4.78, 5) is 14.5. The molecule has 1 aromatic rings. The van der Waals surface area contributed by atoms with Gasteiger partial charge in [-0.05, 0) is 31.4 Å². The van der Waals surface area contributed by atoms with Crippen molar-refractivity contribution in [2.75, 3.05) is 20.7 Å². The lowest BCUT2D eigenvalue weighted by Gasteiger charge is -2.32. The number of rotatable bonds is 5. The summed E-state index contributed by atoms with van der Waals surface area (Å²) in [5.74, 6) is 1.47. The van der Waals surface area contributed by atoms with E-state index >= 15 is 0 Å². The summed E-state index contributed by atoms with van der Waals surface area (Å²) in [5.41, 5.74) is 6.88. The van der Waals surface area contributed by atoms with E-state index in [0.717, 1.165) is 30.6 Å². The number of hydrogen-bond donors (Lipinski definition) is 1. The standard InChI is InChI=1S/C17H26N2O2/c1-19(12-14-8-4-6-10-16(14)21-2)17(20)15-9-5-3-7-13(15)11-18/h4,6,8,10,13,15H,3,5,7,9,11-12,18H2,1-2H3. The Labute approximate surface area is 127 Å². The quantitative estimate of drug-likeness (QED) is 0.906. The fourth-order valence-electron chi connectivity index (χ4n) is 3.26. The van der Waals surface area contributed by atoms with Gasteiger partial charge in [0, 0.05) is 25.1 Å². The largest absolute Gasteiger partial charge is 0.496 e. The number of methoxy groups -OCH3 is 1. The molecule has 4 nitrogen and oxygen atoms in total. The SMILES string of the molecule is COc1ccccc1CN(C)C(=O)C1CCCCC1CN. The number of nitrogens with two attached hydrogens (primary N) is 1. The first-order valence-corrected chi connectivity index (χ1v) is 7.74. The van der Waals surface area contributed by atoms with Crippen LogP contribution in [0.2, 0.25) is 0 Å². The van der Waals surface area contributed by atoms with Crippen molar-refractivity contribution in [3.8, 4) is 5.75 Å². The molecule has 1 amide bonds. The Morgan fingerprint density at radius 1 is 1.33 bits per heavy atom. The molecule has 0 saturated heterocycles. The lowest BCUT2D eigenvalue weighted by Crippen LogP contribution is -2.40. The molecular weight excluding hydrogens is 264 g/mol. The maximum absolute atomic E-state index is 12.7. The minimum absolute atomic E-state index is 0.0865. The van der Waals surface area contributed by atoms with Crippen molar-refractivity contribution in [1.29, 1.82) is 0 Å². The number of para-hydroxylation sites is 1. The van der Waals surface area contributed by atoms with Gasteiger partial charge in [0.2, 0.25) is 5.91 Å². The molecule has 1 fully saturated rings. The Kier molecular flexibility index (Phi) is 5.62. The molecule has 0 aliphatic heterocycles. The maximum Gasteiger partial charge on any atom is 0.226 e. The van der Waals surface area contributed by atoms with Gasteiger partial charge in [-0.1, -0.05) is 31.0 Å². The van der Waals surface area contributed by atoms with Crippen molar-refractivity contribution in [2.24, 2.45) is 17.6 Å². The molecule has 0 spiro atoms. The fourth-order valence-corrected chi connectivity index (χ4v) is 3.26. The van der Waals surface area contributed by atoms with Crippen LogP contribution >= 0.6 is 0 Å². The molecule has 2 unspecified atom stereocenters. The van der Waals surface area contributed by atoms with E-state index in [2.05, 4.69) is 0 Å². The van der Waals surface area contributed by atoms with Crippen LogP contribution in [0.5, 0.6) is 5.75 Å². The van der Waals surface area contributed by atoms with Gasteiger partial charge in [-0.3, -0.25) is 4.79 Å². The van der Waals surface area contributed by atoms with E-state index in [1.807, 2.05) is 36.2 Å². The monoisotopic (exact) mass is 290 g/mol. The highest BCUT2D eigenvalue weighted by molar-refractivity contribution is 5.79. The second-order valence-electron chi connectivity index (χ2n) is 5.89. The number of hydrogen-bond acceptors (Lipinski definition) is 3. The first-order valence-electron chi connectivity index (χ1n) is 7.74. The molecule has 1 saturated carbocycles. The minimum Gasteiger partial charge on any atom is -0.496 e. The van der Waals surface area contributed by atoms with Crippen LogP contribution in [0.25, 0.3) is 0 Å². The van der Waals surface area contributed by atoms with Crippen molar-refractivity contribution in [3.63, 3.8) is 0 Å². The highest BCUT2D eigenvalue weighted by Gasteiger charge is 2.31. The van der Waals surface area contributed by atoms with Gasteiger partial charge in [-0.25, -0.2) is 0 Å². The summed E-state index contributed by atoms with van der Waals surface area (Å²) in [7, 11) is 3.53. The van der Waals surface area contributed by atoms with E-state index in [1.54, 1.807) is 7.11 Å². The van der Waals surface area contributed by atoms with Crippen molar-refractivity contribution in [1.82, 2.24) is 4.90 Å². The topological polar surface area (TPSA) is 55.6 Å². The summed E-state index contributed by atoms with van der Waals surface area (Å²) in [6.07, 6.45) is 4.38. The van der Waals surface area contributed by atoms with Crippen LogP contribution in [-0.2, 0) is 11.3 Å². The average molecular weight is 290 g/mol. The Balaban J connectivity index is 2.05. The van der Waals surface area contributed by atoms with Gasteiger partial charge < -0.3 is 15.4 Å². The van der Waals surface area contributed by atoms with Crippen molar-refractivity contribution in [3.05, 3.63) is 29.8 Å². The molecule has 0 aromatic heterocycles. The molecular formula is C17H26N2O2. The summed E-state index contributed by atoms with van der Waals surface area (Å²) in [6, 6.07) is 7.84. The van der Waals surface area contributed by atoms with Crippen molar-refractivity contribution in [2.45, 2.75) is 32.2 Å². The predicted molar refractivity (Wildman–Crippen MR) is 84.0 cm³/mol. The third-order valence-corrected chi connectivity index (χ3v) is 4.51. The Hall–Kier alpha value is -1.55. The predicted octanol–water partition coefficient (Wildman–Crippen LogP) is 2.42. The first kappa shape index (κ1) is 15.8. The molecule has 2 atom stereocenters. The lowest BCUT2D eigenvalue weighted by atomic mass is 9.78. The van der Waals surface area contributed by atoms with Crippen molar-refractivity contribution < 1.29 is 9.53 Å². The number of carbonyl (C=O) groups is 1. The summed E-state index contributed by atoms with van der Waals surface area (Å²) < 4.78 is 5.36. The van der Waals surface area contributed by atoms with Crippen LogP contribution in [0.4, 0.5) is 0 Å². The van der Waals surface area contributed by atoms with Crippen LogP contribution in [0.15, 0.2) is 24.3 Å². The number of carbonyl (C=O) groups excluding carboxylic acids is 1. The van der Waals surface area contributed by atoms with E-state index in [9.17, 15) is 4.79 Å². The normalized spacial score (nSPS) is 21.9.